The Morgan fingerprint density at radius 3 is 2.72 bits per heavy atom. The molecule has 0 bridgehead atoms. The quantitative estimate of drug-likeness (QED) is 0.832. The third kappa shape index (κ3) is 1.85. The molecule has 1 aromatic heterocycles. The van der Waals surface area contributed by atoms with Gasteiger partial charge in [-0.1, -0.05) is 29.8 Å². The zero-order chi connectivity index (χ0) is 12.7. The van der Waals surface area contributed by atoms with Gasteiger partial charge in [-0.05, 0) is 19.8 Å². The Bertz CT molecular complexity index is 566. The molecule has 0 saturated carbocycles. The maximum Gasteiger partial charge on any atom is 0.140 e. The Balaban J connectivity index is 2.06. The van der Waals surface area contributed by atoms with Crippen LogP contribution < -0.4 is 5.73 Å². The van der Waals surface area contributed by atoms with Crippen molar-refractivity contribution in [3.05, 3.63) is 41.2 Å². The van der Waals surface area contributed by atoms with Crippen molar-refractivity contribution < 1.29 is 0 Å². The summed E-state index contributed by atoms with van der Waals surface area (Å²) >= 11 is 0. The van der Waals surface area contributed by atoms with Crippen LogP contribution in [-0.4, -0.2) is 15.6 Å². The number of nitrogens with zero attached hydrogens (tertiary/aromatic N) is 2. The summed E-state index contributed by atoms with van der Waals surface area (Å²) in [4.78, 5) is 4.78. The van der Waals surface area contributed by atoms with Crippen LogP contribution in [0.3, 0.4) is 0 Å². The smallest absolute Gasteiger partial charge is 0.140 e. The molecule has 3 rings (SSSR count). The molecule has 3 nitrogen and oxygen atoms in total. The predicted octanol–water partition coefficient (Wildman–Crippen LogP) is 2.21. The molecule has 1 aliphatic rings. The van der Waals surface area contributed by atoms with Crippen molar-refractivity contribution in [2.75, 3.05) is 0 Å². The van der Waals surface area contributed by atoms with Crippen LogP contribution in [0.15, 0.2) is 24.3 Å². The van der Waals surface area contributed by atoms with E-state index >= 15 is 0 Å². The van der Waals surface area contributed by atoms with Gasteiger partial charge in [0.15, 0.2) is 0 Å². The molecule has 0 spiro atoms. The number of hydrogen-bond acceptors (Lipinski definition) is 2. The molecule has 0 amide bonds. The summed E-state index contributed by atoms with van der Waals surface area (Å²) in [6.07, 6.45) is 3.03. The Kier molecular flexibility index (Phi) is 2.71. The lowest BCUT2D eigenvalue weighted by Gasteiger charge is -2.17. The van der Waals surface area contributed by atoms with Crippen LogP contribution in [0.1, 0.15) is 23.4 Å². The molecule has 18 heavy (non-hydrogen) atoms. The van der Waals surface area contributed by atoms with Crippen molar-refractivity contribution in [1.29, 1.82) is 0 Å². The van der Waals surface area contributed by atoms with Crippen LogP contribution >= 0.6 is 0 Å². The minimum absolute atomic E-state index is 0.276. The standard InChI is InChI=1S/C15H19N3/c1-10-3-5-11(6-4-10)15-17-13-9-12(16)7-8-14(13)18(15)2/h3-6,12H,7-9,16H2,1-2H3. The maximum absolute atomic E-state index is 6.02. The van der Waals surface area contributed by atoms with Gasteiger partial charge in [-0.3, -0.25) is 0 Å². The number of fused-ring (bicyclic) bond motifs is 1. The van der Waals surface area contributed by atoms with Crippen molar-refractivity contribution >= 4 is 0 Å². The fraction of sp³-hybridized carbons (Fsp3) is 0.400. The highest BCUT2D eigenvalue weighted by atomic mass is 15.1. The van der Waals surface area contributed by atoms with Gasteiger partial charge in [0.25, 0.3) is 0 Å². The first-order valence-electron chi connectivity index (χ1n) is 6.52. The SMILES string of the molecule is Cc1ccc(-c2nc3c(n2C)CCC(N)C3)cc1. The number of imidazole rings is 1. The molecule has 0 radical (unpaired) electrons. The summed E-state index contributed by atoms with van der Waals surface area (Å²) in [6, 6.07) is 8.83. The number of hydrogen-bond donors (Lipinski definition) is 1. The van der Waals surface area contributed by atoms with Gasteiger partial charge in [-0.15, -0.1) is 0 Å². The minimum Gasteiger partial charge on any atom is -0.331 e. The van der Waals surface area contributed by atoms with E-state index in [4.69, 9.17) is 10.7 Å². The zero-order valence-electron chi connectivity index (χ0n) is 11.0. The molecular weight excluding hydrogens is 222 g/mol. The third-order valence-corrected chi connectivity index (χ3v) is 3.81. The molecule has 1 atom stereocenters. The number of aryl methyl sites for hydroxylation is 1. The normalized spacial score (nSPS) is 18.7. The van der Waals surface area contributed by atoms with Crippen molar-refractivity contribution in [3.8, 4) is 11.4 Å². The molecule has 2 aromatic rings. The second kappa shape index (κ2) is 4.25. The van der Waals surface area contributed by atoms with Gasteiger partial charge in [0, 0.05) is 30.8 Å². The van der Waals surface area contributed by atoms with Gasteiger partial charge in [-0.25, -0.2) is 4.98 Å². The number of rotatable bonds is 1. The summed E-state index contributed by atoms with van der Waals surface area (Å²) in [6.45, 7) is 2.10. The van der Waals surface area contributed by atoms with Crippen LogP contribution in [0, 0.1) is 6.92 Å². The summed E-state index contributed by atoms with van der Waals surface area (Å²) in [5, 5.41) is 0. The lowest BCUT2D eigenvalue weighted by Crippen LogP contribution is -2.28. The zero-order valence-corrected chi connectivity index (χ0v) is 11.0. The Labute approximate surface area is 108 Å². The molecule has 1 aliphatic carbocycles. The molecular formula is C15H19N3. The first-order chi connectivity index (χ1) is 8.65. The Hall–Kier alpha value is -1.61. The van der Waals surface area contributed by atoms with Gasteiger partial charge >= 0.3 is 0 Å². The van der Waals surface area contributed by atoms with Crippen LogP contribution in [0.5, 0.6) is 0 Å². The first kappa shape index (κ1) is 11.5. The second-order valence-electron chi connectivity index (χ2n) is 5.26. The molecule has 1 unspecified atom stereocenters. The van der Waals surface area contributed by atoms with E-state index in [2.05, 4.69) is 42.8 Å². The van der Waals surface area contributed by atoms with Crippen LogP contribution in [-0.2, 0) is 19.9 Å². The molecule has 3 heteroatoms. The van der Waals surface area contributed by atoms with E-state index in [-0.39, 0.29) is 6.04 Å². The lowest BCUT2D eigenvalue weighted by atomic mass is 9.97. The van der Waals surface area contributed by atoms with Crippen molar-refractivity contribution in [2.24, 2.45) is 12.8 Å². The molecule has 0 aliphatic heterocycles. The monoisotopic (exact) mass is 241 g/mol. The average Bonchev–Trinajstić information content (AvgIpc) is 2.67. The first-order valence-corrected chi connectivity index (χ1v) is 6.52. The fourth-order valence-corrected chi connectivity index (χ4v) is 2.70. The van der Waals surface area contributed by atoms with Crippen molar-refractivity contribution in [1.82, 2.24) is 9.55 Å². The number of nitrogens with two attached hydrogens (primary N) is 1. The van der Waals surface area contributed by atoms with E-state index in [9.17, 15) is 0 Å². The Morgan fingerprint density at radius 2 is 2.00 bits per heavy atom. The Morgan fingerprint density at radius 1 is 1.28 bits per heavy atom. The van der Waals surface area contributed by atoms with Gasteiger partial charge in [0.05, 0.1) is 5.69 Å². The van der Waals surface area contributed by atoms with E-state index in [1.165, 1.54) is 22.5 Å². The molecule has 1 heterocycles. The van der Waals surface area contributed by atoms with Crippen LogP contribution in [0.4, 0.5) is 0 Å². The van der Waals surface area contributed by atoms with E-state index in [1.54, 1.807) is 0 Å². The summed E-state index contributed by atoms with van der Waals surface area (Å²) in [5.74, 6) is 1.06. The molecule has 2 N–H and O–H groups in total. The summed E-state index contributed by atoms with van der Waals surface area (Å²) in [7, 11) is 2.11. The van der Waals surface area contributed by atoms with Gasteiger partial charge in [-0.2, -0.15) is 0 Å². The average molecular weight is 241 g/mol. The maximum atomic E-state index is 6.02. The van der Waals surface area contributed by atoms with Gasteiger partial charge in [0.2, 0.25) is 0 Å². The molecule has 0 fully saturated rings. The van der Waals surface area contributed by atoms with Gasteiger partial charge in [0.1, 0.15) is 5.82 Å². The van der Waals surface area contributed by atoms with Crippen LogP contribution in [0.2, 0.25) is 0 Å². The largest absolute Gasteiger partial charge is 0.331 e. The van der Waals surface area contributed by atoms with Gasteiger partial charge < -0.3 is 10.3 Å². The molecule has 0 saturated heterocycles. The van der Waals surface area contributed by atoms with E-state index in [0.717, 1.165) is 25.1 Å². The minimum atomic E-state index is 0.276. The lowest BCUT2D eigenvalue weighted by molar-refractivity contribution is 0.554. The van der Waals surface area contributed by atoms with E-state index in [1.807, 2.05) is 0 Å². The highest BCUT2D eigenvalue weighted by Crippen LogP contribution is 2.26. The summed E-state index contributed by atoms with van der Waals surface area (Å²) < 4.78 is 2.23. The number of aromatic nitrogens is 2. The highest BCUT2D eigenvalue weighted by Gasteiger charge is 2.22. The predicted molar refractivity (Wildman–Crippen MR) is 73.4 cm³/mol. The second-order valence-corrected chi connectivity index (χ2v) is 5.26. The van der Waals surface area contributed by atoms with E-state index < -0.39 is 0 Å². The fourth-order valence-electron chi connectivity index (χ4n) is 2.70. The summed E-state index contributed by atoms with van der Waals surface area (Å²) in [5.41, 5.74) is 11.0. The van der Waals surface area contributed by atoms with Crippen molar-refractivity contribution in [3.63, 3.8) is 0 Å². The molecule has 1 aromatic carbocycles. The highest BCUT2D eigenvalue weighted by molar-refractivity contribution is 5.57. The third-order valence-electron chi connectivity index (χ3n) is 3.81. The van der Waals surface area contributed by atoms with E-state index in [0.29, 0.717) is 0 Å². The molecule has 94 valence electrons. The van der Waals surface area contributed by atoms with Crippen molar-refractivity contribution in [2.45, 2.75) is 32.2 Å². The topological polar surface area (TPSA) is 43.8 Å². The van der Waals surface area contributed by atoms with Crippen LogP contribution in [0.25, 0.3) is 11.4 Å². The number of benzene rings is 1.